The number of ketones is 1. The van der Waals surface area contributed by atoms with E-state index in [-0.39, 0.29) is 5.78 Å². The van der Waals surface area contributed by atoms with Crippen molar-refractivity contribution in [3.8, 4) is 0 Å². The van der Waals surface area contributed by atoms with Gasteiger partial charge in [0.15, 0.2) is 5.78 Å². The highest BCUT2D eigenvalue weighted by Gasteiger charge is 2.35. The molecule has 0 fully saturated rings. The predicted octanol–water partition coefficient (Wildman–Crippen LogP) is 4.24. The van der Waals surface area contributed by atoms with Gasteiger partial charge in [0, 0.05) is 5.56 Å². The molecule has 1 aliphatic heterocycles. The van der Waals surface area contributed by atoms with Crippen molar-refractivity contribution in [3.63, 3.8) is 0 Å². The fourth-order valence-electron chi connectivity index (χ4n) is 3.28. The molecule has 134 valence electrons. The lowest BCUT2D eigenvalue weighted by Gasteiger charge is -2.38. The molecule has 0 aromatic heterocycles. The van der Waals surface area contributed by atoms with Gasteiger partial charge in [0.1, 0.15) is 6.04 Å². The van der Waals surface area contributed by atoms with Crippen LogP contribution in [0.1, 0.15) is 32.3 Å². The van der Waals surface area contributed by atoms with Crippen LogP contribution in [0.3, 0.4) is 0 Å². The van der Waals surface area contributed by atoms with Crippen LogP contribution in [-0.4, -0.2) is 18.9 Å². The number of ether oxygens (including phenoxy) is 1. The van der Waals surface area contributed by atoms with Crippen LogP contribution in [0.25, 0.3) is 0 Å². The number of esters is 1. The van der Waals surface area contributed by atoms with E-state index < -0.39 is 12.0 Å². The van der Waals surface area contributed by atoms with Crippen molar-refractivity contribution >= 4 is 23.1 Å². The number of rotatable bonds is 3. The average Bonchev–Trinajstić information content (AvgIpc) is 2.74. The molecule has 3 aromatic carbocycles. The number of methoxy groups -OCH3 is 1. The van der Waals surface area contributed by atoms with Gasteiger partial charge < -0.3 is 4.74 Å². The fourth-order valence-corrected chi connectivity index (χ4v) is 3.28. The molecule has 3 aromatic rings. The summed E-state index contributed by atoms with van der Waals surface area (Å²) < 4.78 is 4.75. The third kappa shape index (κ3) is 3.04. The largest absolute Gasteiger partial charge is 0.465 e. The third-order valence-corrected chi connectivity index (χ3v) is 4.62. The minimum absolute atomic E-state index is 0.000906. The van der Waals surface area contributed by atoms with E-state index in [0.29, 0.717) is 11.1 Å². The molecule has 0 aliphatic carbocycles. The number of hydrazine groups is 1. The standard InChI is InChI=1S/C22H18N2O3/c1-27-22(26)16-13-11-15(12-14-16)20-21(25)18-9-5-6-10-19(18)23-24(20)17-7-3-2-4-8-17/h2-14,20,23H,1H3. The van der Waals surface area contributed by atoms with Crippen molar-refractivity contribution in [3.05, 3.63) is 95.6 Å². The summed E-state index contributed by atoms with van der Waals surface area (Å²) in [6, 6.07) is 23.5. The molecular weight excluding hydrogens is 340 g/mol. The SMILES string of the molecule is COC(=O)c1ccc(C2C(=O)c3ccccc3NN2c2ccccc2)cc1. The van der Waals surface area contributed by atoms with Gasteiger partial charge in [-0.25, -0.2) is 4.79 Å². The van der Waals surface area contributed by atoms with Crippen LogP contribution in [0, 0.1) is 0 Å². The second-order valence-corrected chi connectivity index (χ2v) is 6.24. The Labute approximate surface area is 157 Å². The Morgan fingerprint density at radius 3 is 2.30 bits per heavy atom. The third-order valence-electron chi connectivity index (χ3n) is 4.62. The van der Waals surface area contributed by atoms with E-state index in [1.807, 2.05) is 59.6 Å². The highest BCUT2D eigenvalue weighted by molar-refractivity contribution is 6.09. The molecule has 0 radical (unpaired) electrons. The van der Waals surface area contributed by atoms with Gasteiger partial charge in [-0.2, -0.15) is 0 Å². The molecule has 27 heavy (non-hydrogen) atoms. The zero-order chi connectivity index (χ0) is 18.8. The predicted molar refractivity (Wildman–Crippen MR) is 104 cm³/mol. The number of fused-ring (bicyclic) bond motifs is 1. The lowest BCUT2D eigenvalue weighted by Crippen LogP contribution is -2.43. The van der Waals surface area contributed by atoms with Crippen molar-refractivity contribution in [2.24, 2.45) is 0 Å². The zero-order valence-electron chi connectivity index (χ0n) is 14.8. The number of anilines is 2. The summed E-state index contributed by atoms with van der Waals surface area (Å²) in [6.07, 6.45) is 0. The van der Waals surface area contributed by atoms with Crippen molar-refractivity contribution < 1.29 is 14.3 Å². The summed E-state index contributed by atoms with van der Waals surface area (Å²) in [4.78, 5) is 25.0. The van der Waals surface area contributed by atoms with Gasteiger partial charge >= 0.3 is 5.97 Å². The Morgan fingerprint density at radius 1 is 0.926 bits per heavy atom. The molecule has 0 bridgehead atoms. The maximum Gasteiger partial charge on any atom is 0.337 e. The van der Waals surface area contributed by atoms with Crippen LogP contribution >= 0.6 is 0 Å². The summed E-state index contributed by atoms with van der Waals surface area (Å²) in [5.74, 6) is -0.404. The van der Waals surface area contributed by atoms with E-state index in [2.05, 4.69) is 5.43 Å². The molecule has 5 heteroatoms. The first-order valence-corrected chi connectivity index (χ1v) is 8.61. The molecule has 0 saturated heterocycles. The minimum atomic E-state index is -0.547. The number of Topliss-reactive ketones (excluding diaryl/α,β-unsaturated/α-hetero) is 1. The molecule has 1 unspecified atom stereocenters. The molecule has 4 rings (SSSR count). The highest BCUT2D eigenvalue weighted by Crippen LogP contribution is 2.36. The second-order valence-electron chi connectivity index (χ2n) is 6.24. The zero-order valence-corrected chi connectivity index (χ0v) is 14.8. The summed E-state index contributed by atoms with van der Waals surface area (Å²) >= 11 is 0. The number of hydrogen-bond acceptors (Lipinski definition) is 5. The normalized spacial score (nSPS) is 15.7. The topological polar surface area (TPSA) is 58.6 Å². The molecule has 0 saturated carbocycles. The number of hydrogen-bond donors (Lipinski definition) is 1. The van der Waals surface area contributed by atoms with Gasteiger partial charge in [-0.3, -0.25) is 15.2 Å². The smallest absolute Gasteiger partial charge is 0.337 e. The van der Waals surface area contributed by atoms with Crippen LogP contribution < -0.4 is 10.4 Å². The van der Waals surface area contributed by atoms with Gasteiger partial charge in [-0.15, -0.1) is 0 Å². The first-order chi connectivity index (χ1) is 13.2. The molecule has 0 spiro atoms. The summed E-state index contributed by atoms with van der Waals surface area (Å²) in [7, 11) is 1.35. The summed E-state index contributed by atoms with van der Waals surface area (Å²) in [5.41, 5.74) is 6.89. The Hall–Kier alpha value is -3.60. The van der Waals surface area contributed by atoms with Crippen LogP contribution in [-0.2, 0) is 4.74 Å². The summed E-state index contributed by atoms with van der Waals surface area (Å²) in [6.45, 7) is 0. The number of para-hydroxylation sites is 2. The molecule has 1 heterocycles. The van der Waals surface area contributed by atoms with E-state index in [1.165, 1.54) is 7.11 Å². The number of nitrogens with one attached hydrogen (secondary N) is 1. The Balaban J connectivity index is 1.79. The maximum atomic E-state index is 13.3. The Kier molecular flexibility index (Phi) is 4.34. The maximum absolute atomic E-state index is 13.3. The quantitative estimate of drug-likeness (QED) is 0.710. The number of benzene rings is 3. The molecule has 1 N–H and O–H groups in total. The van der Waals surface area contributed by atoms with Crippen molar-refractivity contribution in [1.82, 2.24) is 0 Å². The molecular formula is C22H18N2O3. The Bertz CT molecular complexity index is 984. The minimum Gasteiger partial charge on any atom is -0.465 e. The molecule has 0 amide bonds. The van der Waals surface area contributed by atoms with Crippen LogP contribution in [0.5, 0.6) is 0 Å². The lowest BCUT2D eigenvalue weighted by molar-refractivity contribution is 0.0600. The van der Waals surface area contributed by atoms with Crippen LogP contribution in [0.15, 0.2) is 78.9 Å². The van der Waals surface area contributed by atoms with Gasteiger partial charge in [0.05, 0.1) is 24.0 Å². The lowest BCUT2D eigenvalue weighted by atomic mass is 9.93. The van der Waals surface area contributed by atoms with Gasteiger partial charge in [0.2, 0.25) is 0 Å². The number of carbonyl (C=O) groups is 2. The first-order valence-electron chi connectivity index (χ1n) is 8.61. The van der Waals surface area contributed by atoms with E-state index in [9.17, 15) is 9.59 Å². The van der Waals surface area contributed by atoms with Gasteiger partial charge in [-0.1, -0.05) is 42.5 Å². The van der Waals surface area contributed by atoms with E-state index in [0.717, 1.165) is 16.9 Å². The van der Waals surface area contributed by atoms with E-state index >= 15 is 0 Å². The van der Waals surface area contributed by atoms with Gasteiger partial charge in [0.25, 0.3) is 0 Å². The Morgan fingerprint density at radius 2 is 1.59 bits per heavy atom. The monoisotopic (exact) mass is 358 g/mol. The van der Waals surface area contributed by atoms with Crippen LogP contribution in [0.4, 0.5) is 11.4 Å². The molecule has 1 atom stereocenters. The van der Waals surface area contributed by atoms with Crippen molar-refractivity contribution in [2.45, 2.75) is 6.04 Å². The highest BCUT2D eigenvalue weighted by atomic mass is 16.5. The van der Waals surface area contributed by atoms with Crippen LogP contribution in [0.2, 0.25) is 0 Å². The average molecular weight is 358 g/mol. The first kappa shape index (κ1) is 16.8. The van der Waals surface area contributed by atoms with E-state index in [1.54, 1.807) is 24.3 Å². The molecule has 1 aliphatic rings. The van der Waals surface area contributed by atoms with Gasteiger partial charge in [-0.05, 0) is 42.0 Å². The number of carbonyl (C=O) groups excluding carboxylic acids is 2. The fraction of sp³-hybridized carbons (Fsp3) is 0.0909. The molecule has 5 nitrogen and oxygen atoms in total. The number of nitrogens with zero attached hydrogens (tertiary/aromatic N) is 1. The van der Waals surface area contributed by atoms with E-state index in [4.69, 9.17) is 4.74 Å². The van der Waals surface area contributed by atoms with Crippen molar-refractivity contribution in [2.75, 3.05) is 17.5 Å². The van der Waals surface area contributed by atoms with Crippen molar-refractivity contribution in [1.29, 1.82) is 0 Å². The second kappa shape index (κ2) is 6.96. The summed E-state index contributed by atoms with van der Waals surface area (Å²) in [5, 5.41) is 1.86.